The van der Waals surface area contributed by atoms with Crippen LogP contribution in [-0.4, -0.2) is 5.78 Å². The Hall–Kier alpha value is -2.48. The molecule has 0 saturated carbocycles. The van der Waals surface area contributed by atoms with Crippen LogP contribution < -0.4 is 5.73 Å². The van der Waals surface area contributed by atoms with Gasteiger partial charge in [-0.2, -0.15) is 5.26 Å². The highest BCUT2D eigenvalue weighted by atomic mass is 16.5. The summed E-state index contributed by atoms with van der Waals surface area (Å²) in [6.45, 7) is 1.99. The minimum absolute atomic E-state index is 0.000370. The summed E-state index contributed by atoms with van der Waals surface area (Å²) in [4.78, 5) is 12.4. The van der Waals surface area contributed by atoms with Crippen molar-refractivity contribution in [1.82, 2.24) is 0 Å². The predicted molar refractivity (Wildman–Crippen MR) is 69.8 cm³/mol. The van der Waals surface area contributed by atoms with Crippen LogP contribution in [0.5, 0.6) is 0 Å². The number of hydrogen-bond donors (Lipinski definition) is 1. The van der Waals surface area contributed by atoms with Crippen molar-refractivity contribution in [1.29, 1.82) is 5.26 Å². The zero-order valence-electron chi connectivity index (χ0n) is 11.1. The highest BCUT2D eigenvalue weighted by Crippen LogP contribution is 2.44. The lowest BCUT2D eigenvalue weighted by Gasteiger charge is -2.31. The lowest BCUT2D eigenvalue weighted by molar-refractivity contribution is -0.117. The van der Waals surface area contributed by atoms with Crippen LogP contribution in [0.4, 0.5) is 0 Å². The molecule has 1 aromatic rings. The first-order valence-corrected chi connectivity index (χ1v) is 6.49. The van der Waals surface area contributed by atoms with Crippen LogP contribution in [0.15, 0.2) is 45.6 Å². The Morgan fingerprint density at radius 2 is 2.25 bits per heavy atom. The predicted octanol–water partition coefficient (Wildman–Crippen LogP) is 2.34. The molecule has 0 unspecified atom stereocenters. The number of ether oxygens (including phenoxy) is 1. The van der Waals surface area contributed by atoms with Crippen LogP contribution in [-0.2, 0) is 9.53 Å². The van der Waals surface area contributed by atoms with Gasteiger partial charge in [0.1, 0.15) is 23.2 Å². The molecule has 20 heavy (non-hydrogen) atoms. The van der Waals surface area contributed by atoms with Crippen molar-refractivity contribution in [3.05, 3.63) is 46.9 Å². The number of ketones is 1. The molecule has 2 aliphatic rings. The number of carbonyl (C=O) groups excluding carboxylic acids is 1. The van der Waals surface area contributed by atoms with Crippen molar-refractivity contribution in [2.45, 2.75) is 25.7 Å². The summed E-state index contributed by atoms with van der Waals surface area (Å²) in [5.74, 6) is 0.860. The fraction of sp³-hybridized carbons (Fsp3) is 0.333. The van der Waals surface area contributed by atoms with E-state index in [1.165, 1.54) is 6.26 Å². The first-order valence-electron chi connectivity index (χ1n) is 6.49. The van der Waals surface area contributed by atoms with Crippen molar-refractivity contribution in [2.24, 2.45) is 11.7 Å². The van der Waals surface area contributed by atoms with Gasteiger partial charge in [-0.25, -0.2) is 0 Å². The molecule has 1 aromatic heterocycles. The van der Waals surface area contributed by atoms with Crippen LogP contribution in [0.3, 0.4) is 0 Å². The Bertz CT molecular complexity index is 662. The number of rotatable bonds is 1. The molecule has 2 atom stereocenters. The number of nitrogens with zero attached hydrogens (tertiary/aromatic N) is 1. The molecule has 0 aromatic carbocycles. The maximum atomic E-state index is 12.4. The Balaban J connectivity index is 2.16. The van der Waals surface area contributed by atoms with Crippen molar-refractivity contribution in [3.63, 3.8) is 0 Å². The summed E-state index contributed by atoms with van der Waals surface area (Å²) in [6, 6.07) is 5.51. The van der Waals surface area contributed by atoms with Gasteiger partial charge in [0.25, 0.3) is 0 Å². The highest BCUT2D eigenvalue weighted by molar-refractivity contribution is 5.99. The number of furan rings is 1. The molecule has 0 bridgehead atoms. The van der Waals surface area contributed by atoms with E-state index in [2.05, 4.69) is 0 Å². The number of Topliss-reactive ketones (excluding diaryl/α,β-unsaturated/α-hetero) is 1. The van der Waals surface area contributed by atoms with Gasteiger partial charge in [-0.1, -0.05) is 6.92 Å². The average Bonchev–Trinajstić information content (AvgIpc) is 2.90. The average molecular weight is 270 g/mol. The maximum Gasteiger partial charge on any atom is 0.205 e. The lowest BCUT2D eigenvalue weighted by Crippen LogP contribution is -2.29. The molecule has 3 rings (SSSR count). The van der Waals surface area contributed by atoms with Gasteiger partial charge in [-0.3, -0.25) is 4.79 Å². The monoisotopic (exact) mass is 270 g/mol. The van der Waals surface area contributed by atoms with Crippen molar-refractivity contribution in [3.8, 4) is 6.07 Å². The van der Waals surface area contributed by atoms with Gasteiger partial charge in [-0.05, 0) is 18.1 Å². The summed E-state index contributed by atoms with van der Waals surface area (Å²) in [6.07, 6.45) is 2.63. The molecule has 5 nitrogen and oxygen atoms in total. The first-order chi connectivity index (χ1) is 9.61. The summed E-state index contributed by atoms with van der Waals surface area (Å²) < 4.78 is 10.9. The zero-order valence-corrected chi connectivity index (χ0v) is 11.1. The van der Waals surface area contributed by atoms with Gasteiger partial charge >= 0.3 is 0 Å². The molecular formula is C15H14N2O3. The van der Waals surface area contributed by atoms with E-state index in [1.54, 1.807) is 12.1 Å². The fourth-order valence-corrected chi connectivity index (χ4v) is 2.83. The van der Waals surface area contributed by atoms with E-state index >= 15 is 0 Å². The SMILES string of the molecule is C[C@H]1CC(=O)C2=C(C1)OC(N)=C(C#N)[C@@H]2c1ccco1. The van der Waals surface area contributed by atoms with Gasteiger partial charge in [0, 0.05) is 18.4 Å². The van der Waals surface area contributed by atoms with E-state index in [-0.39, 0.29) is 23.2 Å². The fourth-order valence-electron chi connectivity index (χ4n) is 2.83. The zero-order chi connectivity index (χ0) is 14.3. The molecule has 0 spiro atoms. The van der Waals surface area contributed by atoms with E-state index in [0.29, 0.717) is 29.9 Å². The molecule has 1 aliphatic carbocycles. The quantitative estimate of drug-likeness (QED) is 0.846. The molecule has 0 amide bonds. The highest BCUT2D eigenvalue weighted by Gasteiger charge is 2.40. The van der Waals surface area contributed by atoms with Gasteiger partial charge in [0.05, 0.1) is 12.2 Å². The minimum Gasteiger partial charge on any atom is -0.468 e. The molecule has 0 saturated heterocycles. The molecule has 102 valence electrons. The molecule has 2 heterocycles. The van der Waals surface area contributed by atoms with Gasteiger partial charge in [-0.15, -0.1) is 0 Å². The second-order valence-electron chi connectivity index (χ2n) is 5.21. The van der Waals surface area contributed by atoms with Gasteiger partial charge in [0.2, 0.25) is 5.88 Å². The summed E-state index contributed by atoms with van der Waals surface area (Å²) in [7, 11) is 0. The summed E-state index contributed by atoms with van der Waals surface area (Å²) >= 11 is 0. The lowest BCUT2D eigenvalue weighted by atomic mass is 9.77. The number of hydrogen-bond acceptors (Lipinski definition) is 5. The van der Waals surface area contributed by atoms with Crippen LogP contribution in [0.1, 0.15) is 31.4 Å². The smallest absolute Gasteiger partial charge is 0.205 e. The number of allylic oxidation sites excluding steroid dienone is 3. The second-order valence-corrected chi connectivity index (χ2v) is 5.21. The third kappa shape index (κ3) is 1.81. The molecule has 2 N–H and O–H groups in total. The third-order valence-corrected chi connectivity index (χ3v) is 3.69. The van der Waals surface area contributed by atoms with E-state index < -0.39 is 5.92 Å². The first kappa shape index (κ1) is 12.5. The van der Waals surface area contributed by atoms with Gasteiger partial charge in [0.15, 0.2) is 5.78 Å². The van der Waals surface area contributed by atoms with Crippen molar-refractivity contribution >= 4 is 5.78 Å². The largest absolute Gasteiger partial charge is 0.468 e. The minimum atomic E-state index is -0.543. The van der Waals surface area contributed by atoms with Gasteiger partial charge < -0.3 is 14.9 Å². The molecular weight excluding hydrogens is 256 g/mol. The Morgan fingerprint density at radius 3 is 2.90 bits per heavy atom. The van der Waals surface area contributed by atoms with E-state index in [4.69, 9.17) is 14.9 Å². The van der Waals surface area contributed by atoms with E-state index in [9.17, 15) is 10.1 Å². The second kappa shape index (κ2) is 4.57. The summed E-state index contributed by atoms with van der Waals surface area (Å²) in [5.41, 5.74) is 6.59. The van der Waals surface area contributed by atoms with E-state index in [1.807, 2.05) is 13.0 Å². The topological polar surface area (TPSA) is 89.2 Å². The standard InChI is InChI=1S/C15H14N2O3/c1-8-5-10(18)14-12(6-8)20-15(17)9(7-16)13(14)11-3-2-4-19-11/h2-4,8,13H,5-6,17H2,1H3/t8-,13+/m0/s1. The van der Waals surface area contributed by atoms with Crippen LogP contribution in [0, 0.1) is 17.2 Å². The number of nitriles is 1. The van der Waals surface area contributed by atoms with Crippen molar-refractivity contribution < 1.29 is 13.9 Å². The van der Waals surface area contributed by atoms with E-state index in [0.717, 1.165) is 0 Å². The van der Waals surface area contributed by atoms with Crippen molar-refractivity contribution in [2.75, 3.05) is 0 Å². The third-order valence-electron chi connectivity index (χ3n) is 3.69. The molecule has 5 heteroatoms. The number of carbonyl (C=O) groups is 1. The maximum absolute atomic E-state index is 12.4. The Morgan fingerprint density at radius 1 is 1.45 bits per heavy atom. The molecule has 0 fully saturated rings. The van der Waals surface area contributed by atoms with Crippen LogP contribution in [0.25, 0.3) is 0 Å². The van der Waals surface area contributed by atoms with Crippen LogP contribution >= 0.6 is 0 Å². The normalized spacial score (nSPS) is 26.1. The molecule has 1 aliphatic heterocycles. The Labute approximate surface area is 116 Å². The summed E-state index contributed by atoms with van der Waals surface area (Å²) in [5, 5.41) is 9.32. The Kier molecular flexibility index (Phi) is 2.87. The molecule has 0 radical (unpaired) electrons. The number of nitrogens with two attached hydrogens (primary N) is 1. The van der Waals surface area contributed by atoms with Crippen LogP contribution in [0.2, 0.25) is 0 Å².